The van der Waals surface area contributed by atoms with Gasteiger partial charge in [-0.25, -0.2) is 4.98 Å². The van der Waals surface area contributed by atoms with Crippen LogP contribution in [0, 0.1) is 0 Å². The number of amides is 1. The highest BCUT2D eigenvalue weighted by atomic mass is 35.5. The van der Waals surface area contributed by atoms with Crippen LogP contribution in [0.15, 0.2) is 48.9 Å². The molecule has 3 heterocycles. The number of halogens is 1. The lowest BCUT2D eigenvalue weighted by atomic mass is 10.2. The first-order valence-electron chi connectivity index (χ1n) is 8.39. The molecule has 0 fully saturated rings. The largest absolute Gasteiger partial charge is 0.479 e. The van der Waals surface area contributed by atoms with Crippen molar-refractivity contribution in [1.82, 2.24) is 19.7 Å². The Morgan fingerprint density at radius 2 is 2.21 bits per heavy atom. The van der Waals surface area contributed by atoms with Crippen LogP contribution >= 0.6 is 22.9 Å². The van der Waals surface area contributed by atoms with Gasteiger partial charge in [0.25, 0.3) is 5.91 Å². The Hall–Kier alpha value is -2.97. The average Bonchev–Trinajstić information content (AvgIpc) is 3.29. The third-order valence-corrected chi connectivity index (χ3v) is 5.37. The number of hydrogen-bond donors (Lipinski definition) is 0. The van der Waals surface area contributed by atoms with Crippen molar-refractivity contribution in [3.63, 3.8) is 0 Å². The van der Waals surface area contributed by atoms with Crippen LogP contribution in [0.3, 0.4) is 0 Å². The molecule has 3 aromatic heterocycles. The second kappa shape index (κ2) is 7.57. The maximum atomic E-state index is 13.4. The van der Waals surface area contributed by atoms with Crippen LogP contribution < -0.4 is 9.64 Å². The second-order valence-electron chi connectivity index (χ2n) is 6.09. The van der Waals surface area contributed by atoms with Gasteiger partial charge in [-0.3, -0.25) is 19.4 Å². The van der Waals surface area contributed by atoms with Crippen molar-refractivity contribution in [2.45, 2.75) is 6.54 Å². The number of pyridine rings is 1. The van der Waals surface area contributed by atoms with E-state index in [9.17, 15) is 4.79 Å². The Labute approximate surface area is 170 Å². The molecular weight excluding hydrogens is 398 g/mol. The number of carbonyl (C=O) groups is 1. The molecule has 0 aliphatic carbocycles. The summed E-state index contributed by atoms with van der Waals surface area (Å²) < 4.78 is 7.73. The summed E-state index contributed by atoms with van der Waals surface area (Å²) in [5.74, 6) is 0.0202. The fourth-order valence-electron chi connectivity index (χ4n) is 2.81. The number of hydrogen-bond acceptors (Lipinski definition) is 6. The minimum atomic E-state index is -0.251. The lowest BCUT2D eigenvalue weighted by Gasteiger charge is -2.19. The van der Waals surface area contributed by atoms with E-state index in [-0.39, 0.29) is 11.8 Å². The van der Waals surface area contributed by atoms with Crippen molar-refractivity contribution in [1.29, 1.82) is 0 Å². The number of aromatic nitrogens is 4. The number of anilines is 1. The van der Waals surface area contributed by atoms with Crippen LogP contribution in [-0.2, 0) is 13.6 Å². The Morgan fingerprint density at radius 1 is 1.36 bits per heavy atom. The van der Waals surface area contributed by atoms with E-state index < -0.39 is 0 Å². The lowest BCUT2D eigenvalue weighted by molar-refractivity contribution is 0.0982. The van der Waals surface area contributed by atoms with E-state index in [0.29, 0.717) is 22.3 Å². The monoisotopic (exact) mass is 413 g/mol. The smallest absolute Gasteiger partial charge is 0.267 e. The zero-order chi connectivity index (χ0) is 19.7. The summed E-state index contributed by atoms with van der Waals surface area (Å²) in [5.41, 5.74) is 2.04. The topological polar surface area (TPSA) is 73.1 Å². The van der Waals surface area contributed by atoms with Crippen LogP contribution in [0.5, 0.6) is 5.88 Å². The summed E-state index contributed by atoms with van der Waals surface area (Å²) >= 11 is 7.50. The van der Waals surface area contributed by atoms with Crippen molar-refractivity contribution < 1.29 is 9.53 Å². The zero-order valence-corrected chi connectivity index (χ0v) is 16.7. The molecule has 0 N–H and O–H groups in total. The fraction of sp³-hybridized carbons (Fsp3) is 0.158. The first-order chi connectivity index (χ1) is 13.5. The summed E-state index contributed by atoms with van der Waals surface area (Å²) in [6, 6.07) is 9.22. The summed E-state index contributed by atoms with van der Waals surface area (Å²) in [4.78, 5) is 23.8. The SMILES string of the molecule is COc1nn(C)cc1C(=O)N(Cc1cccnc1)c1nc2ccc(Cl)cc2s1. The highest BCUT2D eigenvalue weighted by molar-refractivity contribution is 7.22. The minimum absolute atomic E-state index is 0.251. The highest BCUT2D eigenvalue weighted by Gasteiger charge is 2.26. The maximum Gasteiger partial charge on any atom is 0.267 e. The van der Waals surface area contributed by atoms with Crippen molar-refractivity contribution in [3.8, 4) is 5.88 Å². The third-order valence-electron chi connectivity index (χ3n) is 4.10. The molecule has 1 aromatic carbocycles. The quantitative estimate of drug-likeness (QED) is 0.495. The van der Waals surface area contributed by atoms with Gasteiger partial charge in [0.05, 0.1) is 23.9 Å². The molecule has 1 amide bonds. The van der Waals surface area contributed by atoms with Crippen LogP contribution in [0.1, 0.15) is 15.9 Å². The molecule has 4 rings (SSSR count). The molecule has 0 saturated carbocycles. The van der Waals surface area contributed by atoms with E-state index in [4.69, 9.17) is 16.3 Å². The number of rotatable bonds is 5. The van der Waals surface area contributed by atoms with Crippen LogP contribution in [0.2, 0.25) is 5.02 Å². The van der Waals surface area contributed by atoms with Gasteiger partial charge in [0.15, 0.2) is 5.13 Å². The molecule has 0 unspecified atom stereocenters. The lowest BCUT2D eigenvalue weighted by Crippen LogP contribution is -2.30. The molecule has 0 atom stereocenters. The standard InChI is InChI=1S/C19H16ClN5O2S/c1-24-11-14(17(23-24)27-2)18(26)25(10-12-4-3-7-21-9-12)19-22-15-6-5-13(20)8-16(15)28-19/h3-9,11H,10H2,1-2H3. The first kappa shape index (κ1) is 18.4. The molecule has 28 heavy (non-hydrogen) atoms. The molecule has 0 aliphatic rings. The van der Waals surface area contributed by atoms with Gasteiger partial charge in [-0.2, -0.15) is 0 Å². The van der Waals surface area contributed by atoms with Gasteiger partial charge < -0.3 is 4.74 Å². The summed E-state index contributed by atoms with van der Waals surface area (Å²) in [5, 5.41) is 5.38. The molecule has 142 valence electrons. The van der Waals surface area contributed by atoms with Gasteiger partial charge in [-0.15, -0.1) is 5.10 Å². The number of fused-ring (bicyclic) bond motifs is 1. The van der Waals surface area contributed by atoms with Crippen molar-refractivity contribution in [3.05, 3.63) is 65.1 Å². The molecule has 0 radical (unpaired) electrons. The van der Waals surface area contributed by atoms with Crippen molar-refractivity contribution in [2.75, 3.05) is 12.0 Å². The number of ether oxygens (including phenoxy) is 1. The third kappa shape index (κ3) is 3.56. The Balaban J connectivity index is 1.79. The molecule has 0 aliphatic heterocycles. The second-order valence-corrected chi connectivity index (χ2v) is 7.53. The maximum absolute atomic E-state index is 13.4. The number of nitrogens with zero attached hydrogens (tertiary/aromatic N) is 5. The molecule has 0 spiro atoms. The highest BCUT2D eigenvalue weighted by Crippen LogP contribution is 2.33. The van der Waals surface area contributed by atoms with Gasteiger partial charge in [-0.05, 0) is 29.8 Å². The predicted molar refractivity (Wildman–Crippen MR) is 109 cm³/mol. The summed E-state index contributed by atoms with van der Waals surface area (Å²) in [6.45, 7) is 0.318. The van der Waals surface area contributed by atoms with Crippen LogP contribution in [0.4, 0.5) is 5.13 Å². The number of thiazole rings is 1. The molecule has 0 saturated heterocycles. The predicted octanol–water partition coefficient (Wildman–Crippen LogP) is 3.93. The number of benzene rings is 1. The fourth-order valence-corrected chi connectivity index (χ4v) is 4.05. The molecular formula is C19H16ClN5O2S. The number of carbonyl (C=O) groups excluding carboxylic acids is 1. The van der Waals surface area contributed by atoms with Gasteiger partial charge in [-0.1, -0.05) is 29.0 Å². The summed E-state index contributed by atoms with van der Waals surface area (Å²) in [6.07, 6.45) is 5.06. The van der Waals surface area contributed by atoms with Gasteiger partial charge in [0.2, 0.25) is 5.88 Å². The van der Waals surface area contributed by atoms with Crippen LogP contribution in [0.25, 0.3) is 10.2 Å². The Bertz CT molecular complexity index is 1140. The first-order valence-corrected chi connectivity index (χ1v) is 9.59. The Morgan fingerprint density at radius 3 is 2.96 bits per heavy atom. The molecule has 4 aromatic rings. The van der Waals surface area contributed by atoms with Crippen molar-refractivity contribution >= 4 is 44.2 Å². The molecule has 7 nitrogen and oxygen atoms in total. The molecule has 0 bridgehead atoms. The average molecular weight is 414 g/mol. The van der Waals surface area contributed by atoms with E-state index in [1.807, 2.05) is 24.3 Å². The van der Waals surface area contributed by atoms with E-state index in [1.54, 1.807) is 41.3 Å². The van der Waals surface area contributed by atoms with Gasteiger partial charge in [0.1, 0.15) is 5.56 Å². The number of aryl methyl sites for hydroxylation is 1. The van der Waals surface area contributed by atoms with Crippen LogP contribution in [-0.4, -0.2) is 32.8 Å². The van der Waals surface area contributed by atoms with E-state index >= 15 is 0 Å². The van der Waals surface area contributed by atoms with Crippen molar-refractivity contribution in [2.24, 2.45) is 7.05 Å². The van der Waals surface area contributed by atoms with Gasteiger partial charge >= 0.3 is 0 Å². The molecule has 9 heteroatoms. The normalized spacial score (nSPS) is 11.0. The van der Waals surface area contributed by atoms with E-state index in [0.717, 1.165) is 15.8 Å². The van der Waals surface area contributed by atoms with E-state index in [1.165, 1.54) is 18.4 Å². The zero-order valence-electron chi connectivity index (χ0n) is 15.2. The van der Waals surface area contributed by atoms with E-state index in [2.05, 4.69) is 15.1 Å². The Kier molecular flexibility index (Phi) is 4.97. The summed E-state index contributed by atoms with van der Waals surface area (Å²) in [7, 11) is 3.23. The minimum Gasteiger partial charge on any atom is -0.479 e. The number of methoxy groups -OCH3 is 1. The van der Waals surface area contributed by atoms with Gasteiger partial charge in [0, 0.05) is 30.7 Å².